The summed E-state index contributed by atoms with van der Waals surface area (Å²) < 4.78 is 1.88. The van der Waals surface area contributed by atoms with Gasteiger partial charge >= 0.3 is 0 Å². The van der Waals surface area contributed by atoms with E-state index in [1.165, 1.54) is 0 Å². The van der Waals surface area contributed by atoms with Gasteiger partial charge in [0.05, 0.1) is 11.9 Å². The maximum Gasteiger partial charge on any atom is 0.191 e. The zero-order valence-corrected chi connectivity index (χ0v) is 17.2. The van der Waals surface area contributed by atoms with Crippen molar-refractivity contribution in [3.8, 4) is 5.69 Å². The molecule has 6 nitrogen and oxygen atoms in total. The number of benzene rings is 2. The van der Waals surface area contributed by atoms with E-state index in [1.807, 2.05) is 65.6 Å². The molecule has 2 heterocycles. The molecule has 4 rings (SSSR count). The summed E-state index contributed by atoms with van der Waals surface area (Å²) in [4.78, 5) is 6.72. The molecule has 0 spiro atoms. The van der Waals surface area contributed by atoms with E-state index in [4.69, 9.17) is 11.6 Å². The number of guanidine groups is 1. The van der Waals surface area contributed by atoms with Gasteiger partial charge in [0.25, 0.3) is 0 Å². The van der Waals surface area contributed by atoms with Crippen LogP contribution in [-0.2, 0) is 6.54 Å². The largest absolute Gasteiger partial charge is 0.369 e. The van der Waals surface area contributed by atoms with Gasteiger partial charge in [-0.2, -0.15) is 5.10 Å². The van der Waals surface area contributed by atoms with Crippen LogP contribution in [0.25, 0.3) is 5.69 Å². The molecule has 1 aliphatic rings. The van der Waals surface area contributed by atoms with E-state index in [1.54, 1.807) is 7.05 Å². The van der Waals surface area contributed by atoms with Crippen molar-refractivity contribution < 1.29 is 0 Å². The molecular weight excluding hydrogens is 384 g/mol. The van der Waals surface area contributed by atoms with Gasteiger partial charge in [-0.25, -0.2) is 4.68 Å². The van der Waals surface area contributed by atoms with Crippen molar-refractivity contribution in [2.24, 2.45) is 4.99 Å². The number of nitrogens with one attached hydrogen (secondary N) is 2. The smallest absolute Gasteiger partial charge is 0.191 e. The van der Waals surface area contributed by atoms with Crippen LogP contribution in [0.2, 0.25) is 5.02 Å². The highest BCUT2D eigenvalue weighted by atomic mass is 35.5. The molecule has 7 heteroatoms. The van der Waals surface area contributed by atoms with Crippen LogP contribution in [-0.4, -0.2) is 41.9 Å². The molecule has 0 saturated carbocycles. The van der Waals surface area contributed by atoms with E-state index >= 15 is 0 Å². The molecule has 0 bridgehead atoms. The molecule has 0 radical (unpaired) electrons. The Morgan fingerprint density at radius 1 is 1.17 bits per heavy atom. The zero-order valence-electron chi connectivity index (χ0n) is 16.4. The Morgan fingerprint density at radius 2 is 2.00 bits per heavy atom. The van der Waals surface area contributed by atoms with Crippen molar-refractivity contribution in [1.29, 1.82) is 0 Å². The highest BCUT2D eigenvalue weighted by Crippen LogP contribution is 2.23. The molecular formula is C22H25ClN6. The fourth-order valence-electron chi connectivity index (χ4n) is 3.53. The van der Waals surface area contributed by atoms with Gasteiger partial charge < -0.3 is 15.5 Å². The van der Waals surface area contributed by atoms with Gasteiger partial charge in [-0.3, -0.25) is 4.99 Å². The Morgan fingerprint density at radius 3 is 2.79 bits per heavy atom. The number of aromatic nitrogens is 2. The molecule has 2 N–H and O–H groups in total. The topological polar surface area (TPSA) is 57.5 Å². The molecule has 1 saturated heterocycles. The Kier molecular flexibility index (Phi) is 6.00. The Bertz CT molecular complexity index is 968. The van der Waals surface area contributed by atoms with E-state index in [0.717, 1.165) is 47.4 Å². The summed E-state index contributed by atoms with van der Waals surface area (Å²) in [5.41, 5.74) is 3.31. The van der Waals surface area contributed by atoms with Crippen LogP contribution in [0, 0.1) is 0 Å². The summed E-state index contributed by atoms with van der Waals surface area (Å²) in [6, 6.07) is 18.5. The van der Waals surface area contributed by atoms with Crippen LogP contribution in [0.15, 0.2) is 72.0 Å². The first-order chi connectivity index (χ1) is 14.2. The lowest BCUT2D eigenvalue weighted by Crippen LogP contribution is -2.44. The van der Waals surface area contributed by atoms with E-state index in [2.05, 4.69) is 31.7 Å². The van der Waals surface area contributed by atoms with E-state index in [9.17, 15) is 0 Å². The zero-order chi connectivity index (χ0) is 20.1. The maximum atomic E-state index is 6.13. The number of aliphatic imine (C=N–C) groups is 1. The Balaban J connectivity index is 1.30. The number of rotatable bonds is 5. The van der Waals surface area contributed by atoms with Gasteiger partial charge in [-0.05, 0) is 36.8 Å². The number of anilines is 1. The SMILES string of the molecule is CN=C(NCc1cnn(-c2ccccc2)c1)NC1CCN(c2cccc(Cl)c2)C1. The quantitative estimate of drug-likeness (QED) is 0.501. The normalized spacial score (nSPS) is 16.8. The summed E-state index contributed by atoms with van der Waals surface area (Å²) in [6.45, 7) is 2.59. The third-order valence-corrected chi connectivity index (χ3v) is 5.28. The second kappa shape index (κ2) is 9.01. The standard InChI is InChI=1S/C22H25ClN6/c1-24-22(25-13-17-14-26-29(15-17)20-7-3-2-4-8-20)27-19-10-11-28(16-19)21-9-5-6-18(23)12-21/h2-9,12,14-15,19H,10-11,13,16H2,1H3,(H2,24,25,27). The van der Waals surface area contributed by atoms with Crippen LogP contribution in [0.3, 0.4) is 0 Å². The number of nitrogens with zero attached hydrogens (tertiary/aromatic N) is 4. The molecule has 0 amide bonds. The van der Waals surface area contributed by atoms with Gasteiger partial charge in [0.15, 0.2) is 5.96 Å². The maximum absolute atomic E-state index is 6.13. The van der Waals surface area contributed by atoms with E-state index < -0.39 is 0 Å². The first kappa shape index (κ1) is 19.3. The van der Waals surface area contributed by atoms with Crippen LogP contribution >= 0.6 is 11.6 Å². The van der Waals surface area contributed by atoms with Crippen LogP contribution in [0.4, 0.5) is 5.69 Å². The van der Waals surface area contributed by atoms with Crippen LogP contribution < -0.4 is 15.5 Å². The average Bonchev–Trinajstić information content (AvgIpc) is 3.41. The predicted octanol–water partition coefficient (Wildman–Crippen LogP) is 3.47. The van der Waals surface area contributed by atoms with Gasteiger partial charge in [-0.15, -0.1) is 0 Å². The molecule has 1 unspecified atom stereocenters. The van der Waals surface area contributed by atoms with Gasteiger partial charge in [-0.1, -0.05) is 35.9 Å². The molecule has 29 heavy (non-hydrogen) atoms. The lowest BCUT2D eigenvalue weighted by Gasteiger charge is -2.20. The molecule has 1 fully saturated rings. The van der Waals surface area contributed by atoms with Gasteiger partial charge in [0, 0.05) is 55.2 Å². The summed E-state index contributed by atoms with van der Waals surface area (Å²) in [5.74, 6) is 0.801. The van der Waals surface area contributed by atoms with Crippen LogP contribution in [0.5, 0.6) is 0 Å². The molecule has 1 atom stereocenters. The summed E-state index contributed by atoms with van der Waals surface area (Å²) >= 11 is 6.13. The highest BCUT2D eigenvalue weighted by molar-refractivity contribution is 6.30. The third-order valence-electron chi connectivity index (χ3n) is 5.04. The third kappa shape index (κ3) is 4.90. The lowest BCUT2D eigenvalue weighted by atomic mass is 10.2. The first-order valence-corrected chi connectivity index (χ1v) is 10.2. The van der Waals surface area contributed by atoms with Crippen molar-refractivity contribution >= 4 is 23.2 Å². The fourth-order valence-corrected chi connectivity index (χ4v) is 3.72. The van der Waals surface area contributed by atoms with Crippen molar-refractivity contribution in [3.05, 3.63) is 77.6 Å². The Hall–Kier alpha value is -2.99. The predicted molar refractivity (Wildman–Crippen MR) is 119 cm³/mol. The number of para-hydroxylation sites is 1. The number of hydrogen-bond acceptors (Lipinski definition) is 3. The number of hydrogen-bond donors (Lipinski definition) is 2. The van der Waals surface area contributed by atoms with E-state index in [0.29, 0.717) is 12.6 Å². The summed E-state index contributed by atoms with van der Waals surface area (Å²) in [7, 11) is 1.80. The first-order valence-electron chi connectivity index (χ1n) is 9.78. The molecule has 1 aliphatic heterocycles. The average molecular weight is 409 g/mol. The fraction of sp³-hybridized carbons (Fsp3) is 0.273. The minimum Gasteiger partial charge on any atom is -0.369 e. The minimum absolute atomic E-state index is 0.340. The summed E-state index contributed by atoms with van der Waals surface area (Å²) in [6.07, 6.45) is 4.97. The second-order valence-corrected chi connectivity index (χ2v) is 7.55. The van der Waals surface area contributed by atoms with E-state index in [-0.39, 0.29) is 0 Å². The monoisotopic (exact) mass is 408 g/mol. The van der Waals surface area contributed by atoms with Crippen molar-refractivity contribution in [2.45, 2.75) is 19.0 Å². The number of halogens is 1. The second-order valence-electron chi connectivity index (χ2n) is 7.11. The van der Waals surface area contributed by atoms with Crippen molar-refractivity contribution in [1.82, 2.24) is 20.4 Å². The van der Waals surface area contributed by atoms with Gasteiger partial charge in [0.1, 0.15) is 0 Å². The minimum atomic E-state index is 0.340. The Labute approximate surface area is 176 Å². The van der Waals surface area contributed by atoms with Gasteiger partial charge in [0.2, 0.25) is 0 Å². The molecule has 0 aliphatic carbocycles. The molecule has 150 valence electrons. The van der Waals surface area contributed by atoms with Crippen molar-refractivity contribution in [2.75, 3.05) is 25.0 Å². The van der Waals surface area contributed by atoms with Crippen LogP contribution in [0.1, 0.15) is 12.0 Å². The molecule has 3 aromatic rings. The molecule has 2 aromatic carbocycles. The molecule has 1 aromatic heterocycles. The highest BCUT2D eigenvalue weighted by Gasteiger charge is 2.23. The lowest BCUT2D eigenvalue weighted by molar-refractivity contribution is 0.648. The van der Waals surface area contributed by atoms with Crippen molar-refractivity contribution in [3.63, 3.8) is 0 Å². The summed E-state index contributed by atoms with van der Waals surface area (Å²) in [5, 5.41) is 12.1.